The van der Waals surface area contributed by atoms with E-state index in [1.807, 2.05) is 54.6 Å². The number of thioether (sulfide) groups is 1. The van der Waals surface area contributed by atoms with Gasteiger partial charge in [0.2, 0.25) is 5.91 Å². The Morgan fingerprint density at radius 3 is 2.61 bits per heavy atom. The van der Waals surface area contributed by atoms with Crippen LogP contribution in [0.25, 0.3) is 6.08 Å². The van der Waals surface area contributed by atoms with Crippen molar-refractivity contribution in [2.75, 3.05) is 19.0 Å². The number of hydrogen-bond acceptors (Lipinski definition) is 5. The number of benzene rings is 2. The van der Waals surface area contributed by atoms with Crippen LogP contribution < -0.4 is 10.1 Å². The molecule has 31 heavy (non-hydrogen) atoms. The maximum atomic E-state index is 12.7. The van der Waals surface area contributed by atoms with Crippen molar-refractivity contribution in [2.45, 2.75) is 25.7 Å². The number of nitrogens with zero attached hydrogens (tertiary/aromatic N) is 1. The molecule has 1 saturated heterocycles. The second-order valence-corrected chi connectivity index (χ2v) is 9.48. The van der Waals surface area contributed by atoms with Gasteiger partial charge in [-0.05, 0) is 64.7 Å². The summed E-state index contributed by atoms with van der Waals surface area (Å²) in [5.41, 5.74) is 1.70. The van der Waals surface area contributed by atoms with Crippen LogP contribution >= 0.6 is 39.9 Å². The van der Waals surface area contributed by atoms with Gasteiger partial charge in [-0.15, -0.1) is 0 Å². The number of carbonyl (C=O) groups excluding carboxylic acids is 2. The van der Waals surface area contributed by atoms with Crippen LogP contribution in [0.2, 0.25) is 0 Å². The lowest BCUT2D eigenvalue weighted by Crippen LogP contribution is -2.29. The Hall–Kier alpha value is -2.16. The number of methoxy groups -OCH3 is 1. The van der Waals surface area contributed by atoms with Gasteiger partial charge >= 0.3 is 0 Å². The maximum Gasteiger partial charge on any atom is 0.266 e. The van der Waals surface area contributed by atoms with Gasteiger partial charge in [0.1, 0.15) is 10.1 Å². The van der Waals surface area contributed by atoms with Crippen molar-refractivity contribution in [3.8, 4) is 5.75 Å². The standard InChI is InChI=1S/C23H23BrN2O3S2/c1-29-17-12-10-16(11-13-17)15-20-22(28)26(23(30)31-20)14-6-2-3-9-21(27)25-19-8-5-4-7-18(19)24/h4-5,7-8,10-13,15H,2-3,6,9,14H2,1H3,(H,25,27). The minimum Gasteiger partial charge on any atom is -0.497 e. The summed E-state index contributed by atoms with van der Waals surface area (Å²) in [4.78, 5) is 27.1. The number of unbranched alkanes of at least 4 members (excludes halogenated alkanes) is 2. The van der Waals surface area contributed by atoms with Gasteiger partial charge in [0.05, 0.1) is 17.7 Å². The number of rotatable bonds is 9. The lowest BCUT2D eigenvalue weighted by molar-refractivity contribution is -0.122. The molecule has 0 aromatic heterocycles. The van der Waals surface area contributed by atoms with Gasteiger partial charge in [-0.3, -0.25) is 14.5 Å². The van der Waals surface area contributed by atoms with Gasteiger partial charge in [0.25, 0.3) is 5.91 Å². The first-order valence-electron chi connectivity index (χ1n) is 9.92. The van der Waals surface area contributed by atoms with Crippen molar-refractivity contribution >= 4 is 67.8 Å². The molecule has 2 aromatic carbocycles. The normalized spacial score (nSPS) is 14.9. The Kier molecular flexibility index (Phi) is 8.69. The average Bonchev–Trinajstić information content (AvgIpc) is 3.03. The largest absolute Gasteiger partial charge is 0.497 e. The first-order valence-corrected chi connectivity index (χ1v) is 11.9. The van der Waals surface area contributed by atoms with Gasteiger partial charge < -0.3 is 10.1 Å². The van der Waals surface area contributed by atoms with E-state index in [4.69, 9.17) is 17.0 Å². The van der Waals surface area contributed by atoms with E-state index in [2.05, 4.69) is 21.2 Å². The molecule has 162 valence electrons. The highest BCUT2D eigenvalue weighted by Gasteiger charge is 2.31. The molecule has 1 aliphatic rings. The summed E-state index contributed by atoms with van der Waals surface area (Å²) < 4.78 is 6.60. The van der Waals surface area contributed by atoms with Crippen LogP contribution in [0.3, 0.4) is 0 Å². The summed E-state index contributed by atoms with van der Waals surface area (Å²) in [5.74, 6) is 0.701. The maximum absolute atomic E-state index is 12.7. The summed E-state index contributed by atoms with van der Waals surface area (Å²) in [7, 11) is 1.62. The number of thiocarbonyl (C=S) groups is 1. The predicted octanol–water partition coefficient (Wildman–Crippen LogP) is 5.86. The SMILES string of the molecule is COc1ccc(C=C2SC(=S)N(CCCCCC(=O)Nc3ccccc3Br)C2=O)cc1. The van der Waals surface area contributed by atoms with E-state index in [0.717, 1.165) is 40.7 Å². The molecule has 0 bridgehead atoms. The summed E-state index contributed by atoms with van der Waals surface area (Å²) in [6.07, 6.45) is 4.69. The van der Waals surface area contributed by atoms with Gasteiger partial charge in [-0.1, -0.05) is 54.7 Å². The second-order valence-electron chi connectivity index (χ2n) is 6.95. The highest BCUT2D eigenvalue weighted by atomic mass is 79.9. The van der Waals surface area contributed by atoms with E-state index in [1.165, 1.54) is 11.8 Å². The minimum atomic E-state index is -0.0579. The molecule has 5 nitrogen and oxygen atoms in total. The third kappa shape index (κ3) is 6.66. The van der Waals surface area contributed by atoms with Crippen LogP contribution in [-0.4, -0.2) is 34.7 Å². The molecule has 0 saturated carbocycles. The summed E-state index contributed by atoms with van der Waals surface area (Å²) in [6.45, 7) is 0.566. The Bertz CT molecular complexity index is 993. The third-order valence-corrected chi connectivity index (χ3v) is 6.79. The first-order chi connectivity index (χ1) is 15.0. The lowest BCUT2D eigenvalue weighted by atomic mass is 10.1. The number of halogens is 1. The Morgan fingerprint density at radius 1 is 1.16 bits per heavy atom. The molecule has 0 spiro atoms. The molecule has 1 fully saturated rings. The number of nitrogens with one attached hydrogen (secondary N) is 1. The van der Waals surface area contributed by atoms with Gasteiger partial charge in [0.15, 0.2) is 0 Å². The van der Waals surface area contributed by atoms with Crippen molar-refractivity contribution in [2.24, 2.45) is 0 Å². The van der Waals surface area contributed by atoms with Gasteiger partial charge in [-0.25, -0.2) is 0 Å². The zero-order chi connectivity index (χ0) is 22.2. The molecule has 1 heterocycles. The van der Waals surface area contributed by atoms with E-state index in [9.17, 15) is 9.59 Å². The molecular formula is C23H23BrN2O3S2. The molecule has 0 unspecified atom stereocenters. The van der Waals surface area contributed by atoms with Crippen LogP contribution in [0.1, 0.15) is 31.2 Å². The number of carbonyl (C=O) groups is 2. The quantitative estimate of drug-likeness (QED) is 0.256. The molecule has 0 atom stereocenters. The molecule has 1 N–H and O–H groups in total. The lowest BCUT2D eigenvalue weighted by Gasteiger charge is -2.14. The van der Waals surface area contributed by atoms with Crippen molar-refractivity contribution in [3.63, 3.8) is 0 Å². The molecule has 0 radical (unpaired) electrons. The van der Waals surface area contributed by atoms with Crippen LogP contribution in [0.5, 0.6) is 5.75 Å². The number of hydrogen-bond donors (Lipinski definition) is 1. The fourth-order valence-electron chi connectivity index (χ4n) is 3.05. The second kappa shape index (κ2) is 11.5. The Labute approximate surface area is 200 Å². The number of anilines is 1. The summed E-state index contributed by atoms with van der Waals surface area (Å²) in [6, 6.07) is 15.1. The van der Waals surface area contributed by atoms with E-state index in [-0.39, 0.29) is 11.8 Å². The topological polar surface area (TPSA) is 58.6 Å². The average molecular weight is 519 g/mol. The number of para-hydroxylation sites is 1. The summed E-state index contributed by atoms with van der Waals surface area (Å²) in [5, 5.41) is 2.90. The van der Waals surface area contributed by atoms with Crippen LogP contribution in [-0.2, 0) is 9.59 Å². The van der Waals surface area contributed by atoms with E-state index in [1.54, 1.807) is 12.0 Å². The third-order valence-electron chi connectivity index (χ3n) is 4.72. The van der Waals surface area contributed by atoms with Crippen LogP contribution in [0.15, 0.2) is 57.9 Å². The Balaban J connectivity index is 1.42. The van der Waals surface area contributed by atoms with Crippen molar-refractivity contribution in [1.82, 2.24) is 4.90 Å². The van der Waals surface area contributed by atoms with E-state index in [0.29, 0.717) is 22.2 Å². The highest BCUT2D eigenvalue weighted by molar-refractivity contribution is 9.10. The number of ether oxygens (including phenoxy) is 1. The van der Waals surface area contributed by atoms with E-state index >= 15 is 0 Å². The number of amides is 2. The van der Waals surface area contributed by atoms with Crippen molar-refractivity contribution in [3.05, 3.63) is 63.5 Å². The molecule has 1 aliphatic heterocycles. The van der Waals surface area contributed by atoms with Crippen molar-refractivity contribution in [1.29, 1.82) is 0 Å². The van der Waals surface area contributed by atoms with Crippen LogP contribution in [0.4, 0.5) is 5.69 Å². The smallest absolute Gasteiger partial charge is 0.266 e. The van der Waals surface area contributed by atoms with E-state index < -0.39 is 0 Å². The highest BCUT2D eigenvalue weighted by Crippen LogP contribution is 2.33. The van der Waals surface area contributed by atoms with Gasteiger partial charge in [-0.2, -0.15) is 0 Å². The Morgan fingerprint density at radius 2 is 1.90 bits per heavy atom. The predicted molar refractivity (Wildman–Crippen MR) is 134 cm³/mol. The van der Waals surface area contributed by atoms with Crippen LogP contribution in [0, 0.1) is 0 Å². The zero-order valence-corrected chi connectivity index (χ0v) is 20.3. The fraction of sp³-hybridized carbons (Fsp3) is 0.261. The molecule has 2 aromatic rings. The molecule has 8 heteroatoms. The molecule has 3 rings (SSSR count). The van der Waals surface area contributed by atoms with Crippen molar-refractivity contribution < 1.29 is 14.3 Å². The zero-order valence-electron chi connectivity index (χ0n) is 17.1. The minimum absolute atomic E-state index is 0.0139. The molecule has 0 aliphatic carbocycles. The summed E-state index contributed by atoms with van der Waals surface area (Å²) >= 11 is 10.1. The van der Waals surface area contributed by atoms with Gasteiger partial charge in [0, 0.05) is 17.4 Å². The first kappa shape index (κ1) is 23.5. The molecule has 2 amide bonds. The molecular weight excluding hydrogens is 496 g/mol. The monoisotopic (exact) mass is 518 g/mol. The fourth-order valence-corrected chi connectivity index (χ4v) is 4.74.